The molecule has 0 radical (unpaired) electrons. The minimum Gasteiger partial charge on any atom is -0.457 e. The predicted octanol–water partition coefficient (Wildman–Crippen LogP) is 7.26. The first kappa shape index (κ1) is 28.1. The molecule has 1 aromatic heterocycles. The molecule has 7 nitrogen and oxygen atoms in total. The van der Waals surface area contributed by atoms with E-state index in [1.807, 2.05) is 103 Å². The maximum absolute atomic E-state index is 13.9. The zero-order valence-corrected chi connectivity index (χ0v) is 25.0. The molecule has 4 aromatic carbocycles. The Morgan fingerprint density at radius 2 is 1.42 bits per heavy atom. The number of nitrogens with zero attached hydrogens (tertiary/aromatic N) is 3. The second kappa shape index (κ2) is 12.1. The number of carbonyl (C=O) groups excluding carboxylic acids is 2. The number of amides is 2. The lowest BCUT2D eigenvalue weighted by Crippen LogP contribution is -2.54. The summed E-state index contributed by atoms with van der Waals surface area (Å²) in [6.45, 7) is 3.90. The fourth-order valence-corrected chi connectivity index (χ4v) is 5.89. The zero-order valence-electron chi connectivity index (χ0n) is 23.4. The van der Waals surface area contributed by atoms with E-state index in [0.717, 1.165) is 21.2 Å². The quantitative estimate of drug-likeness (QED) is 0.120. The first-order chi connectivity index (χ1) is 20.9. The normalized spacial score (nSPS) is 14.2. The van der Waals surface area contributed by atoms with Crippen molar-refractivity contribution < 1.29 is 14.3 Å². The number of aryl methyl sites for hydroxylation is 2. The smallest absolute Gasteiger partial charge is 0.270 e. The first-order valence-electron chi connectivity index (χ1n) is 13.5. The molecule has 0 saturated carbocycles. The average molecular weight is 603 g/mol. The number of hydrogen-bond acceptors (Lipinski definition) is 6. The number of hydrogen-bond donors (Lipinski definition) is 1. The van der Waals surface area contributed by atoms with Crippen molar-refractivity contribution >= 4 is 52.7 Å². The minimum absolute atomic E-state index is 0.00911. The van der Waals surface area contributed by atoms with Gasteiger partial charge >= 0.3 is 0 Å². The van der Waals surface area contributed by atoms with Crippen LogP contribution in [0.2, 0.25) is 0 Å². The van der Waals surface area contributed by atoms with Crippen molar-refractivity contribution in [3.8, 4) is 17.2 Å². The highest BCUT2D eigenvalue weighted by molar-refractivity contribution is 7.99. The Balaban J connectivity index is 1.37. The van der Waals surface area contributed by atoms with E-state index < -0.39 is 11.8 Å². The number of thiocarbonyl (C=S) groups is 1. The fourth-order valence-electron chi connectivity index (χ4n) is 4.57. The van der Waals surface area contributed by atoms with Gasteiger partial charge in [-0.1, -0.05) is 65.9 Å². The summed E-state index contributed by atoms with van der Waals surface area (Å²) in [5.41, 5.74) is 3.83. The fraction of sp³-hybridized carbons (Fsp3) is 0.0588. The van der Waals surface area contributed by atoms with E-state index in [1.54, 1.807) is 30.3 Å². The van der Waals surface area contributed by atoms with Gasteiger partial charge in [-0.25, -0.2) is 4.68 Å². The second-order valence-corrected chi connectivity index (χ2v) is 11.3. The molecule has 9 heteroatoms. The van der Waals surface area contributed by atoms with Crippen LogP contribution in [0.4, 0.5) is 5.69 Å². The summed E-state index contributed by atoms with van der Waals surface area (Å²) in [6, 6.07) is 34.3. The molecule has 1 N–H and O–H groups in total. The molecule has 0 bridgehead atoms. The largest absolute Gasteiger partial charge is 0.457 e. The number of rotatable bonds is 7. The van der Waals surface area contributed by atoms with Crippen LogP contribution in [0.25, 0.3) is 11.8 Å². The molecule has 2 heterocycles. The van der Waals surface area contributed by atoms with Gasteiger partial charge in [0.25, 0.3) is 11.8 Å². The number of nitrogens with one attached hydrogen (secondary N) is 1. The molecule has 1 fully saturated rings. The van der Waals surface area contributed by atoms with Crippen LogP contribution in [-0.4, -0.2) is 26.7 Å². The number of carbonyl (C=O) groups is 2. The van der Waals surface area contributed by atoms with Gasteiger partial charge in [0.1, 0.15) is 22.1 Å². The molecular weight excluding hydrogens is 577 g/mol. The molecule has 2 amide bonds. The van der Waals surface area contributed by atoms with E-state index in [9.17, 15) is 9.59 Å². The lowest BCUT2D eigenvalue weighted by Gasteiger charge is -2.29. The number of ether oxygens (including phenoxy) is 1. The Hall–Kier alpha value is -4.99. The Morgan fingerprint density at radius 1 is 0.791 bits per heavy atom. The van der Waals surface area contributed by atoms with Gasteiger partial charge < -0.3 is 4.74 Å². The first-order valence-corrected chi connectivity index (χ1v) is 14.7. The highest BCUT2D eigenvalue weighted by atomic mass is 32.2. The summed E-state index contributed by atoms with van der Waals surface area (Å²) in [4.78, 5) is 29.4. The van der Waals surface area contributed by atoms with Crippen molar-refractivity contribution in [2.45, 2.75) is 23.8 Å². The van der Waals surface area contributed by atoms with Crippen LogP contribution < -0.4 is 15.0 Å². The Labute approximate surface area is 258 Å². The van der Waals surface area contributed by atoms with E-state index in [4.69, 9.17) is 22.1 Å². The van der Waals surface area contributed by atoms with Gasteiger partial charge in [0.2, 0.25) is 0 Å². The van der Waals surface area contributed by atoms with E-state index in [2.05, 4.69) is 5.32 Å². The number of para-hydroxylation sites is 2. The number of benzene rings is 4. The van der Waals surface area contributed by atoms with E-state index in [0.29, 0.717) is 28.4 Å². The van der Waals surface area contributed by atoms with Crippen molar-refractivity contribution in [1.29, 1.82) is 0 Å². The van der Waals surface area contributed by atoms with Gasteiger partial charge in [-0.3, -0.25) is 19.8 Å². The summed E-state index contributed by atoms with van der Waals surface area (Å²) in [7, 11) is 0. The SMILES string of the molecule is Cc1ccc(Sc2c(C=C3C(=O)NC(=S)N(c4ccc(Oc5ccccc5)cc4)C3=O)c(C)nn2-c2ccccc2)cc1. The molecule has 1 saturated heterocycles. The van der Waals surface area contributed by atoms with Crippen LogP contribution >= 0.6 is 24.0 Å². The molecule has 0 aliphatic carbocycles. The lowest BCUT2D eigenvalue weighted by molar-refractivity contribution is -0.122. The van der Waals surface area contributed by atoms with E-state index >= 15 is 0 Å². The average Bonchev–Trinajstić information content (AvgIpc) is 3.32. The van der Waals surface area contributed by atoms with Crippen LogP contribution in [-0.2, 0) is 9.59 Å². The summed E-state index contributed by atoms with van der Waals surface area (Å²) >= 11 is 6.95. The van der Waals surface area contributed by atoms with Gasteiger partial charge in [0, 0.05) is 10.5 Å². The van der Waals surface area contributed by atoms with Crippen LogP contribution in [0.15, 0.2) is 125 Å². The van der Waals surface area contributed by atoms with Crippen LogP contribution in [0, 0.1) is 13.8 Å². The maximum Gasteiger partial charge on any atom is 0.270 e. The molecular formula is C34H26N4O3S2. The van der Waals surface area contributed by atoms with Crippen LogP contribution in [0.3, 0.4) is 0 Å². The Morgan fingerprint density at radius 3 is 2.09 bits per heavy atom. The van der Waals surface area contributed by atoms with Gasteiger partial charge in [-0.15, -0.1) is 0 Å². The molecule has 5 aromatic rings. The Bertz CT molecular complexity index is 1850. The maximum atomic E-state index is 13.9. The monoisotopic (exact) mass is 602 g/mol. The molecule has 6 rings (SSSR count). The van der Waals surface area contributed by atoms with Crippen LogP contribution in [0.1, 0.15) is 16.8 Å². The van der Waals surface area contributed by atoms with Gasteiger partial charge in [0.15, 0.2) is 5.11 Å². The van der Waals surface area contributed by atoms with Crippen molar-refractivity contribution in [1.82, 2.24) is 15.1 Å². The summed E-state index contributed by atoms with van der Waals surface area (Å²) in [5, 5.41) is 8.27. The molecule has 1 aliphatic rings. The summed E-state index contributed by atoms with van der Waals surface area (Å²) in [6.07, 6.45) is 1.61. The van der Waals surface area contributed by atoms with Crippen molar-refractivity contribution in [2.24, 2.45) is 0 Å². The third kappa shape index (κ3) is 5.99. The second-order valence-electron chi connectivity index (χ2n) is 9.83. The molecule has 0 unspecified atom stereocenters. The molecule has 43 heavy (non-hydrogen) atoms. The minimum atomic E-state index is -0.562. The van der Waals surface area contributed by atoms with Gasteiger partial charge in [-0.2, -0.15) is 5.10 Å². The van der Waals surface area contributed by atoms with Crippen molar-refractivity contribution in [3.05, 3.63) is 132 Å². The summed E-state index contributed by atoms with van der Waals surface area (Å²) < 4.78 is 7.72. The zero-order chi connectivity index (χ0) is 29.9. The molecule has 0 atom stereocenters. The topological polar surface area (TPSA) is 76.5 Å². The Kier molecular flexibility index (Phi) is 7.91. The van der Waals surface area contributed by atoms with E-state index in [1.165, 1.54) is 16.7 Å². The third-order valence-electron chi connectivity index (χ3n) is 6.76. The molecule has 212 valence electrons. The molecule has 0 spiro atoms. The third-order valence-corrected chi connectivity index (χ3v) is 8.14. The number of aromatic nitrogens is 2. The lowest BCUT2D eigenvalue weighted by atomic mass is 10.1. The summed E-state index contributed by atoms with van der Waals surface area (Å²) in [5.74, 6) is 0.215. The number of anilines is 1. The van der Waals surface area contributed by atoms with Gasteiger partial charge in [-0.05, 0) is 92.8 Å². The highest BCUT2D eigenvalue weighted by Crippen LogP contribution is 2.36. The standard InChI is InChI=1S/C34H26N4O3S2/c1-22-13-19-28(20-14-22)43-33-29(23(2)36-38(33)25-9-5-3-6-10-25)21-30-31(39)35-34(42)37(32(30)40)24-15-17-27(18-16-24)41-26-11-7-4-8-12-26/h3-21H,1-2H3,(H,35,39,42). The van der Waals surface area contributed by atoms with E-state index in [-0.39, 0.29) is 10.7 Å². The predicted molar refractivity (Wildman–Crippen MR) is 173 cm³/mol. The molecule has 1 aliphatic heterocycles. The van der Waals surface area contributed by atoms with Crippen molar-refractivity contribution in [2.75, 3.05) is 4.90 Å². The van der Waals surface area contributed by atoms with Crippen LogP contribution in [0.5, 0.6) is 11.5 Å². The van der Waals surface area contributed by atoms with Gasteiger partial charge in [0.05, 0.1) is 17.1 Å². The highest BCUT2D eigenvalue weighted by Gasteiger charge is 2.35. The van der Waals surface area contributed by atoms with Crippen molar-refractivity contribution in [3.63, 3.8) is 0 Å².